The van der Waals surface area contributed by atoms with Crippen molar-refractivity contribution in [2.45, 2.75) is 0 Å². The van der Waals surface area contributed by atoms with Crippen LogP contribution in [-0.2, 0) is 0 Å². The molecular formula is C29H23Br2N3O8. The van der Waals surface area contributed by atoms with Gasteiger partial charge < -0.3 is 28.7 Å². The average molecular weight is 701 g/mol. The summed E-state index contributed by atoms with van der Waals surface area (Å²) in [5.74, 6) is -0.498. The van der Waals surface area contributed by atoms with Crippen LogP contribution in [0.1, 0.15) is 36.8 Å². The number of hydrogen-bond acceptors (Lipinski definition) is 9. The van der Waals surface area contributed by atoms with Crippen molar-refractivity contribution >= 4 is 61.5 Å². The molecule has 3 aromatic carbocycles. The smallest absolute Gasteiger partial charge is 0.379 e. The monoisotopic (exact) mass is 699 g/mol. The molecule has 216 valence electrons. The van der Waals surface area contributed by atoms with E-state index in [2.05, 4.69) is 47.7 Å². The largest absolute Gasteiger partial charge is 0.493 e. The molecule has 13 heteroatoms. The average Bonchev–Trinajstić information content (AvgIpc) is 3.53. The number of nitrogens with zero attached hydrogens (tertiary/aromatic N) is 1. The van der Waals surface area contributed by atoms with E-state index >= 15 is 0 Å². The molecule has 1 aromatic heterocycles. The first-order chi connectivity index (χ1) is 20.2. The Bertz CT molecular complexity index is 1630. The molecule has 0 radical (unpaired) electrons. The van der Waals surface area contributed by atoms with Crippen molar-refractivity contribution in [1.29, 1.82) is 0 Å². The molecule has 0 aliphatic carbocycles. The summed E-state index contributed by atoms with van der Waals surface area (Å²) in [5, 5.41) is 6.76. The van der Waals surface area contributed by atoms with Crippen LogP contribution < -0.4 is 29.7 Å². The van der Waals surface area contributed by atoms with Crippen LogP contribution in [0.3, 0.4) is 0 Å². The van der Waals surface area contributed by atoms with Crippen molar-refractivity contribution in [3.05, 3.63) is 98.3 Å². The first-order valence-electron chi connectivity index (χ1n) is 12.0. The molecule has 11 nitrogen and oxygen atoms in total. The summed E-state index contributed by atoms with van der Waals surface area (Å²) in [6.07, 6.45) is 2.69. The van der Waals surface area contributed by atoms with Gasteiger partial charge in [0.05, 0.1) is 38.3 Å². The van der Waals surface area contributed by atoms with E-state index in [0.29, 0.717) is 37.4 Å². The third-order valence-corrected chi connectivity index (χ3v) is 6.68. The SMILES string of the molecule is COc1cc(C(=O)Nc2cccc(C(=O)NN=Cc3cc(Br)cc(Br)c3OC(=O)c3ccco3)c2)cc(OC)c1OC. The lowest BCUT2D eigenvalue weighted by atomic mass is 10.1. The lowest BCUT2D eigenvalue weighted by Crippen LogP contribution is -2.18. The van der Waals surface area contributed by atoms with Gasteiger partial charge in [-0.25, -0.2) is 10.2 Å². The number of nitrogens with one attached hydrogen (secondary N) is 2. The number of ether oxygens (including phenoxy) is 4. The Kier molecular flexibility index (Phi) is 9.99. The third-order valence-electron chi connectivity index (χ3n) is 5.63. The van der Waals surface area contributed by atoms with Crippen LogP contribution in [0.15, 0.2) is 85.4 Å². The molecule has 2 amide bonds. The van der Waals surface area contributed by atoms with Crippen LogP contribution in [-0.4, -0.2) is 45.3 Å². The minimum absolute atomic E-state index is 0.0262. The fourth-order valence-electron chi connectivity index (χ4n) is 3.70. The maximum Gasteiger partial charge on any atom is 0.379 e. The Hall–Kier alpha value is -4.62. The molecule has 0 unspecified atom stereocenters. The molecule has 2 N–H and O–H groups in total. The van der Waals surface area contributed by atoms with Crippen LogP contribution in [0.4, 0.5) is 5.69 Å². The van der Waals surface area contributed by atoms with Crippen LogP contribution in [0.2, 0.25) is 0 Å². The highest BCUT2D eigenvalue weighted by Gasteiger charge is 2.19. The lowest BCUT2D eigenvalue weighted by Gasteiger charge is -2.14. The third kappa shape index (κ3) is 7.17. The van der Waals surface area contributed by atoms with E-state index in [1.165, 1.54) is 58.1 Å². The van der Waals surface area contributed by atoms with Crippen LogP contribution in [0.25, 0.3) is 0 Å². The standard InChI is InChI=1S/C29H23Br2N3O8/c1-38-23-12-17(13-24(39-2)26(23)40-3)27(35)33-20-7-4-6-16(11-20)28(36)34-32-15-18-10-19(30)14-21(31)25(18)42-29(37)22-8-5-9-41-22/h4-15H,1-3H3,(H,33,35)(H,34,36). The molecule has 0 aliphatic heterocycles. The van der Waals surface area contributed by atoms with Crippen molar-refractivity contribution < 1.29 is 37.7 Å². The van der Waals surface area contributed by atoms with E-state index in [0.717, 1.165) is 0 Å². The van der Waals surface area contributed by atoms with E-state index < -0.39 is 17.8 Å². The lowest BCUT2D eigenvalue weighted by molar-refractivity contribution is 0.0699. The number of esters is 1. The van der Waals surface area contributed by atoms with Gasteiger partial charge >= 0.3 is 5.97 Å². The van der Waals surface area contributed by atoms with Crippen molar-refractivity contribution in [3.8, 4) is 23.0 Å². The summed E-state index contributed by atoms with van der Waals surface area (Å²) in [6, 6.07) is 15.7. The summed E-state index contributed by atoms with van der Waals surface area (Å²) in [7, 11) is 4.37. The Morgan fingerprint density at radius 3 is 2.21 bits per heavy atom. The second-order valence-corrected chi connectivity index (χ2v) is 10.1. The highest BCUT2D eigenvalue weighted by atomic mass is 79.9. The van der Waals surface area contributed by atoms with E-state index in [9.17, 15) is 14.4 Å². The zero-order valence-corrected chi connectivity index (χ0v) is 25.6. The second-order valence-electron chi connectivity index (χ2n) is 8.32. The van der Waals surface area contributed by atoms with Gasteiger partial charge in [0.15, 0.2) is 17.2 Å². The van der Waals surface area contributed by atoms with Crippen LogP contribution in [0.5, 0.6) is 23.0 Å². The van der Waals surface area contributed by atoms with E-state index in [1.807, 2.05) is 0 Å². The molecule has 4 rings (SSSR count). The molecule has 42 heavy (non-hydrogen) atoms. The number of halogens is 2. The van der Waals surface area contributed by atoms with E-state index in [4.69, 9.17) is 23.4 Å². The molecule has 4 aromatic rings. The first-order valence-corrected chi connectivity index (χ1v) is 13.6. The fraction of sp³-hybridized carbons (Fsp3) is 0.103. The molecule has 0 bridgehead atoms. The van der Waals surface area contributed by atoms with Gasteiger partial charge in [0, 0.05) is 26.9 Å². The van der Waals surface area contributed by atoms with Gasteiger partial charge in [-0.05, 0) is 70.5 Å². The van der Waals surface area contributed by atoms with Crippen LogP contribution in [0, 0.1) is 0 Å². The van der Waals surface area contributed by atoms with Gasteiger partial charge in [-0.2, -0.15) is 5.10 Å². The first kappa shape index (κ1) is 30.3. The van der Waals surface area contributed by atoms with Crippen molar-refractivity contribution in [1.82, 2.24) is 5.43 Å². The summed E-state index contributed by atoms with van der Waals surface area (Å²) >= 11 is 6.76. The summed E-state index contributed by atoms with van der Waals surface area (Å²) < 4.78 is 27.6. The maximum absolute atomic E-state index is 13.0. The van der Waals surface area contributed by atoms with Crippen LogP contribution >= 0.6 is 31.9 Å². The van der Waals surface area contributed by atoms with Gasteiger partial charge in [-0.15, -0.1) is 0 Å². The number of hydrazone groups is 1. The number of carbonyl (C=O) groups excluding carboxylic acids is 3. The van der Waals surface area contributed by atoms with Gasteiger partial charge in [0.1, 0.15) is 0 Å². The number of carbonyl (C=O) groups is 3. The number of benzene rings is 3. The number of rotatable bonds is 10. The molecular weight excluding hydrogens is 678 g/mol. The summed E-state index contributed by atoms with van der Waals surface area (Å²) in [6.45, 7) is 0. The van der Waals surface area contributed by atoms with Gasteiger partial charge in [0.25, 0.3) is 11.8 Å². The number of hydrogen-bond donors (Lipinski definition) is 2. The second kappa shape index (κ2) is 13.8. The molecule has 0 aliphatic rings. The number of methoxy groups -OCH3 is 3. The maximum atomic E-state index is 13.0. The topological polar surface area (TPSA) is 138 Å². The molecule has 0 fully saturated rings. The molecule has 1 heterocycles. The van der Waals surface area contributed by atoms with Crippen molar-refractivity contribution in [2.24, 2.45) is 5.10 Å². The minimum Gasteiger partial charge on any atom is -0.493 e. The molecule has 0 spiro atoms. The predicted molar refractivity (Wildman–Crippen MR) is 161 cm³/mol. The zero-order valence-electron chi connectivity index (χ0n) is 22.4. The van der Waals surface area contributed by atoms with Gasteiger partial charge in [-0.3, -0.25) is 9.59 Å². The summed E-state index contributed by atoms with van der Waals surface area (Å²) in [4.78, 5) is 38.2. The summed E-state index contributed by atoms with van der Waals surface area (Å²) in [5.41, 5.74) is 3.68. The van der Waals surface area contributed by atoms with Gasteiger partial charge in [0.2, 0.25) is 11.5 Å². The predicted octanol–water partition coefficient (Wildman–Crippen LogP) is 6.07. The molecule has 0 saturated heterocycles. The normalized spacial score (nSPS) is 10.7. The van der Waals surface area contributed by atoms with E-state index in [1.54, 1.807) is 36.4 Å². The molecule has 0 saturated carbocycles. The fourth-order valence-corrected chi connectivity index (χ4v) is 5.04. The zero-order chi connectivity index (χ0) is 30.2. The highest BCUT2D eigenvalue weighted by molar-refractivity contribution is 9.11. The highest BCUT2D eigenvalue weighted by Crippen LogP contribution is 2.38. The Labute approximate surface area is 257 Å². The molecule has 0 atom stereocenters. The van der Waals surface area contributed by atoms with Gasteiger partial charge in [-0.1, -0.05) is 22.0 Å². The number of furan rings is 1. The Morgan fingerprint density at radius 2 is 1.57 bits per heavy atom. The Balaban J connectivity index is 1.47. The number of anilines is 1. The Morgan fingerprint density at radius 1 is 0.833 bits per heavy atom. The van der Waals surface area contributed by atoms with Crippen molar-refractivity contribution in [3.63, 3.8) is 0 Å². The van der Waals surface area contributed by atoms with Crippen molar-refractivity contribution in [2.75, 3.05) is 26.6 Å². The van der Waals surface area contributed by atoms with E-state index in [-0.39, 0.29) is 22.6 Å². The quantitative estimate of drug-likeness (QED) is 0.0881. The number of amides is 2. The minimum atomic E-state index is -0.702.